The molecule has 8 heteroatoms. The van der Waals surface area contributed by atoms with Gasteiger partial charge in [-0.1, -0.05) is 19.1 Å². The molecule has 2 fully saturated rings. The van der Waals surface area contributed by atoms with Crippen molar-refractivity contribution in [1.82, 2.24) is 9.62 Å². The number of carbonyl (C=O) groups is 1. The van der Waals surface area contributed by atoms with E-state index in [0.29, 0.717) is 12.8 Å². The van der Waals surface area contributed by atoms with Crippen LogP contribution in [0.4, 0.5) is 10.1 Å². The van der Waals surface area contributed by atoms with Gasteiger partial charge in [0, 0.05) is 37.8 Å². The first kappa shape index (κ1) is 24.7. The summed E-state index contributed by atoms with van der Waals surface area (Å²) in [4.78, 5) is 15.4. The van der Waals surface area contributed by atoms with Gasteiger partial charge in [-0.15, -0.1) is 0 Å². The summed E-state index contributed by atoms with van der Waals surface area (Å²) in [5.74, 6) is 0.0528. The summed E-state index contributed by atoms with van der Waals surface area (Å²) in [5, 5.41) is 3.10. The Morgan fingerprint density at radius 3 is 2.12 bits per heavy atom. The van der Waals surface area contributed by atoms with Crippen LogP contribution < -0.4 is 10.2 Å². The molecule has 184 valence electrons. The average Bonchev–Trinajstić information content (AvgIpc) is 2.85. The van der Waals surface area contributed by atoms with Crippen LogP contribution in [-0.4, -0.2) is 44.8 Å². The smallest absolute Gasteiger partial charge is 0.243 e. The minimum Gasteiger partial charge on any atom is -0.372 e. The van der Waals surface area contributed by atoms with Crippen LogP contribution in [0.2, 0.25) is 0 Å². The number of sulfonamides is 1. The van der Waals surface area contributed by atoms with E-state index in [2.05, 4.69) is 41.4 Å². The fraction of sp³-hybridized carbons (Fsp3) is 0.500. The molecule has 1 N–H and O–H groups in total. The molecule has 2 aliphatic rings. The topological polar surface area (TPSA) is 69.7 Å². The van der Waals surface area contributed by atoms with Crippen molar-refractivity contribution in [2.24, 2.45) is 11.8 Å². The summed E-state index contributed by atoms with van der Waals surface area (Å²) >= 11 is 0. The van der Waals surface area contributed by atoms with Gasteiger partial charge in [0.15, 0.2) is 0 Å². The lowest BCUT2D eigenvalue weighted by Gasteiger charge is -2.32. The lowest BCUT2D eigenvalue weighted by Crippen LogP contribution is -2.43. The molecule has 0 radical (unpaired) electrons. The highest BCUT2D eigenvalue weighted by Gasteiger charge is 2.32. The maximum absolute atomic E-state index is 13.1. The van der Waals surface area contributed by atoms with Gasteiger partial charge in [0.25, 0.3) is 0 Å². The molecule has 0 aliphatic carbocycles. The second-order valence-corrected chi connectivity index (χ2v) is 11.6. The van der Waals surface area contributed by atoms with Gasteiger partial charge in [-0.05, 0) is 80.5 Å². The normalized spacial score (nSPS) is 19.7. The van der Waals surface area contributed by atoms with E-state index in [9.17, 15) is 17.6 Å². The Kier molecular flexibility index (Phi) is 7.57. The number of hydrogen-bond donors (Lipinski definition) is 1. The van der Waals surface area contributed by atoms with Crippen molar-refractivity contribution in [3.05, 3.63) is 59.9 Å². The Morgan fingerprint density at radius 2 is 1.53 bits per heavy atom. The fourth-order valence-corrected chi connectivity index (χ4v) is 6.24. The molecule has 34 heavy (non-hydrogen) atoms. The van der Waals surface area contributed by atoms with Crippen molar-refractivity contribution in [1.29, 1.82) is 0 Å². The maximum Gasteiger partial charge on any atom is 0.243 e. The number of nitrogens with one attached hydrogen (secondary N) is 1. The summed E-state index contributed by atoms with van der Waals surface area (Å²) in [6.45, 7) is 7.00. The number of carbonyl (C=O) groups excluding carboxylic acids is 1. The van der Waals surface area contributed by atoms with Gasteiger partial charge in [0.2, 0.25) is 15.9 Å². The van der Waals surface area contributed by atoms with Gasteiger partial charge in [0.05, 0.1) is 10.9 Å². The standard InChI is InChI=1S/C26H34FN3O3S/c1-19-11-15-29(16-12-19)24-7-3-21(4-8-24)20(2)28-26(31)22-13-17-30(18-14-22)34(32,33)25-9-5-23(27)6-10-25/h3-10,19-20,22H,11-18H2,1-2H3,(H,28,31)/t20-/m0/s1. The number of anilines is 1. The lowest BCUT2D eigenvalue weighted by atomic mass is 9.96. The SMILES string of the molecule is CC1CCN(c2ccc([C@H](C)NC(=O)C3CCN(S(=O)(=O)c4ccc(F)cc4)CC3)cc2)CC1. The van der Waals surface area contributed by atoms with Gasteiger partial charge < -0.3 is 10.2 Å². The monoisotopic (exact) mass is 487 g/mol. The second-order valence-electron chi connectivity index (χ2n) is 9.62. The molecule has 0 bridgehead atoms. The van der Waals surface area contributed by atoms with Crippen molar-refractivity contribution >= 4 is 21.6 Å². The molecule has 2 aromatic rings. The van der Waals surface area contributed by atoms with Crippen molar-refractivity contribution in [3.8, 4) is 0 Å². The molecular formula is C26H34FN3O3S. The average molecular weight is 488 g/mol. The number of rotatable bonds is 6. The number of amides is 1. The van der Waals surface area contributed by atoms with Gasteiger partial charge in [-0.25, -0.2) is 12.8 Å². The first-order valence-electron chi connectivity index (χ1n) is 12.1. The molecule has 0 saturated carbocycles. The Balaban J connectivity index is 1.29. The number of piperidine rings is 2. The fourth-order valence-electron chi connectivity index (χ4n) is 4.77. The molecule has 0 aromatic heterocycles. The highest BCUT2D eigenvalue weighted by molar-refractivity contribution is 7.89. The molecule has 0 unspecified atom stereocenters. The minimum atomic E-state index is -3.68. The van der Waals surface area contributed by atoms with Gasteiger partial charge in [0.1, 0.15) is 5.82 Å². The minimum absolute atomic E-state index is 0.0413. The molecule has 4 rings (SSSR count). The number of benzene rings is 2. The van der Waals surface area contributed by atoms with E-state index < -0.39 is 15.8 Å². The molecule has 2 aromatic carbocycles. The predicted octanol–water partition coefficient (Wildman–Crippen LogP) is 4.34. The highest BCUT2D eigenvalue weighted by atomic mass is 32.2. The van der Waals surface area contributed by atoms with Crippen LogP contribution >= 0.6 is 0 Å². The third-order valence-corrected chi connectivity index (χ3v) is 9.09. The molecule has 2 aliphatic heterocycles. The first-order chi connectivity index (χ1) is 16.2. The predicted molar refractivity (Wildman–Crippen MR) is 131 cm³/mol. The van der Waals surface area contributed by atoms with Crippen LogP contribution in [0.1, 0.15) is 51.1 Å². The molecule has 1 amide bonds. The third kappa shape index (κ3) is 5.61. The third-order valence-electron chi connectivity index (χ3n) is 7.18. The van der Waals surface area contributed by atoms with E-state index in [1.165, 1.54) is 35.0 Å². The zero-order valence-corrected chi connectivity index (χ0v) is 20.7. The van der Waals surface area contributed by atoms with E-state index in [1.807, 2.05) is 6.92 Å². The molecule has 6 nitrogen and oxygen atoms in total. The van der Waals surface area contributed by atoms with E-state index in [-0.39, 0.29) is 35.9 Å². The summed E-state index contributed by atoms with van der Waals surface area (Å²) in [6, 6.07) is 13.2. The maximum atomic E-state index is 13.1. The largest absolute Gasteiger partial charge is 0.372 e. The van der Waals surface area contributed by atoms with Crippen molar-refractivity contribution in [2.75, 3.05) is 31.1 Å². The van der Waals surface area contributed by atoms with E-state index in [0.717, 1.165) is 36.7 Å². The highest BCUT2D eigenvalue weighted by Crippen LogP contribution is 2.27. The van der Waals surface area contributed by atoms with Crippen LogP contribution in [-0.2, 0) is 14.8 Å². The summed E-state index contributed by atoms with van der Waals surface area (Å²) in [7, 11) is -3.68. The van der Waals surface area contributed by atoms with Crippen molar-refractivity contribution in [3.63, 3.8) is 0 Å². The Morgan fingerprint density at radius 1 is 0.941 bits per heavy atom. The van der Waals surface area contributed by atoms with Crippen LogP contribution in [0, 0.1) is 17.7 Å². The Bertz CT molecular complexity index is 1070. The van der Waals surface area contributed by atoms with E-state index in [4.69, 9.17) is 0 Å². The quantitative estimate of drug-likeness (QED) is 0.658. The van der Waals surface area contributed by atoms with Crippen molar-refractivity contribution < 1.29 is 17.6 Å². The first-order valence-corrected chi connectivity index (χ1v) is 13.6. The summed E-state index contributed by atoms with van der Waals surface area (Å²) < 4.78 is 40.1. The van der Waals surface area contributed by atoms with Crippen LogP contribution in [0.5, 0.6) is 0 Å². The molecule has 2 saturated heterocycles. The Hall–Kier alpha value is -2.45. The van der Waals surface area contributed by atoms with E-state index >= 15 is 0 Å². The van der Waals surface area contributed by atoms with Gasteiger partial charge in [-0.2, -0.15) is 4.31 Å². The molecule has 1 atom stereocenters. The zero-order valence-electron chi connectivity index (χ0n) is 19.9. The number of nitrogens with zero attached hydrogens (tertiary/aromatic N) is 2. The Labute approximate surface area is 202 Å². The van der Waals surface area contributed by atoms with Crippen LogP contribution in [0.25, 0.3) is 0 Å². The van der Waals surface area contributed by atoms with Crippen LogP contribution in [0.3, 0.4) is 0 Å². The molecule has 2 heterocycles. The number of halogens is 1. The molecular weight excluding hydrogens is 453 g/mol. The van der Waals surface area contributed by atoms with Crippen molar-refractivity contribution in [2.45, 2.75) is 50.5 Å². The lowest BCUT2D eigenvalue weighted by molar-refractivity contribution is -0.126. The number of hydrogen-bond acceptors (Lipinski definition) is 4. The molecule has 0 spiro atoms. The van der Waals surface area contributed by atoms with Crippen LogP contribution in [0.15, 0.2) is 53.4 Å². The second kappa shape index (κ2) is 10.4. The van der Waals surface area contributed by atoms with Gasteiger partial charge >= 0.3 is 0 Å². The van der Waals surface area contributed by atoms with Gasteiger partial charge in [-0.3, -0.25) is 4.79 Å². The zero-order chi connectivity index (χ0) is 24.3. The summed E-state index contributed by atoms with van der Waals surface area (Å²) in [5.41, 5.74) is 2.28. The van der Waals surface area contributed by atoms with E-state index in [1.54, 1.807) is 0 Å². The summed E-state index contributed by atoms with van der Waals surface area (Å²) in [6.07, 6.45) is 3.37.